The van der Waals surface area contributed by atoms with Crippen molar-refractivity contribution in [3.8, 4) is 11.5 Å². The van der Waals surface area contributed by atoms with E-state index in [1.54, 1.807) is 30.3 Å². The normalized spacial score (nSPS) is 10.2. The number of phenols is 1. The molecule has 0 radical (unpaired) electrons. The van der Waals surface area contributed by atoms with Gasteiger partial charge in [0.2, 0.25) is 0 Å². The molecule has 2 rings (SSSR count). The summed E-state index contributed by atoms with van der Waals surface area (Å²) in [5.41, 5.74) is 0. The molecule has 0 amide bonds. The number of hydrogen-bond acceptors (Lipinski definition) is 4. The maximum Gasteiger partial charge on any atom is 0.343 e. The van der Waals surface area contributed by atoms with Gasteiger partial charge in [-0.15, -0.1) is 0 Å². The van der Waals surface area contributed by atoms with E-state index in [-0.39, 0.29) is 12.4 Å². The molecule has 4 heteroatoms. The Morgan fingerprint density at radius 2 is 1.88 bits per heavy atom. The van der Waals surface area contributed by atoms with Crippen LogP contribution in [-0.2, 0) is 9.53 Å². The van der Waals surface area contributed by atoms with E-state index < -0.39 is 5.97 Å². The molecule has 0 heterocycles. The first-order valence-electron chi connectivity index (χ1n) is 5.11. The molecule has 0 aliphatic heterocycles. The number of carbonyl (C=O) groups is 1. The standard InChI is InChI=1S/C13H12O4/c1-16-13(15)8-17-12-5-3-9-6-11(14)4-2-10(9)7-12/h2-7,14H,8H2,1H3. The number of benzene rings is 2. The third-order valence-corrected chi connectivity index (χ3v) is 2.38. The molecule has 2 aromatic carbocycles. The van der Waals surface area contributed by atoms with Crippen LogP contribution in [0.15, 0.2) is 36.4 Å². The van der Waals surface area contributed by atoms with E-state index in [1.807, 2.05) is 6.07 Å². The van der Waals surface area contributed by atoms with E-state index >= 15 is 0 Å². The fourth-order valence-corrected chi connectivity index (χ4v) is 1.50. The van der Waals surface area contributed by atoms with E-state index in [4.69, 9.17) is 4.74 Å². The Kier molecular flexibility index (Phi) is 3.14. The molecule has 17 heavy (non-hydrogen) atoms. The van der Waals surface area contributed by atoms with Gasteiger partial charge in [0, 0.05) is 0 Å². The number of ether oxygens (including phenoxy) is 2. The number of carbonyl (C=O) groups excluding carboxylic acids is 1. The van der Waals surface area contributed by atoms with Crippen LogP contribution in [0.1, 0.15) is 0 Å². The third-order valence-electron chi connectivity index (χ3n) is 2.38. The van der Waals surface area contributed by atoms with Crippen molar-refractivity contribution in [3.05, 3.63) is 36.4 Å². The molecule has 88 valence electrons. The summed E-state index contributed by atoms with van der Waals surface area (Å²) in [7, 11) is 1.31. The van der Waals surface area contributed by atoms with Gasteiger partial charge in [0.1, 0.15) is 11.5 Å². The lowest BCUT2D eigenvalue weighted by Crippen LogP contribution is -2.12. The lowest BCUT2D eigenvalue weighted by Gasteiger charge is -2.06. The fraction of sp³-hybridized carbons (Fsp3) is 0.154. The van der Waals surface area contributed by atoms with E-state index in [1.165, 1.54) is 7.11 Å². The van der Waals surface area contributed by atoms with Gasteiger partial charge in [0.25, 0.3) is 0 Å². The molecule has 0 aliphatic carbocycles. The Balaban J connectivity index is 2.20. The van der Waals surface area contributed by atoms with Gasteiger partial charge in [-0.05, 0) is 35.0 Å². The average molecular weight is 232 g/mol. The maximum atomic E-state index is 10.9. The highest BCUT2D eigenvalue weighted by molar-refractivity contribution is 5.85. The summed E-state index contributed by atoms with van der Waals surface area (Å²) in [5.74, 6) is 0.394. The Bertz CT molecular complexity index is 548. The summed E-state index contributed by atoms with van der Waals surface area (Å²) in [6.07, 6.45) is 0. The molecule has 0 aliphatic rings. The monoisotopic (exact) mass is 232 g/mol. The second-order valence-electron chi connectivity index (χ2n) is 3.56. The first-order chi connectivity index (χ1) is 8.19. The van der Waals surface area contributed by atoms with Crippen LogP contribution < -0.4 is 4.74 Å². The largest absolute Gasteiger partial charge is 0.508 e. The highest BCUT2D eigenvalue weighted by atomic mass is 16.6. The maximum absolute atomic E-state index is 10.9. The molecule has 0 aromatic heterocycles. The van der Waals surface area contributed by atoms with Crippen molar-refractivity contribution in [2.75, 3.05) is 13.7 Å². The Hall–Kier alpha value is -2.23. The highest BCUT2D eigenvalue weighted by Gasteiger charge is 2.03. The number of esters is 1. The van der Waals surface area contributed by atoms with E-state index in [0.717, 1.165) is 10.8 Å². The summed E-state index contributed by atoms with van der Waals surface area (Å²) in [4.78, 5) is 10.9. The van der Waals surface area contributed by atoms with Gasteiger partial charge < -0.3 is 14.6 Å². The Labute approximate surface area is 98.4 Å². The van der Waals surface area contributed by atoms with E-state index in [0.29, 0.717) is 5.75 Å². The zero-order valence-electron chi connectivity index (χ0n) is 9.34. The highest BCUT2D eigenvalue weighted by Crippen LogP contribution is 2.24. The lowest BCUT2D eigenvalue weighted by atomic mass is 10.1. The molecular weight excluding hydrogens is 220 g/mol. The van der Waals surface area contributed by atoms with Gasteiger partial charge in [-0.1, -0.05) is 12.1 Å². The van der Waals surface area contributed by atoms with Crippen LogP contribution in [0.3, 0.4) is 0 Å². The molecule has 4 nitrogen and oxygen atoms in total. The number of aromatic hydroxyl groups is 1. The molecule has 0 saturated carbocycles. The van der Waals surface area contributed by atoms with Crippen LogP contribution in [0.4, 0.5) is 0 Å². The van der Waals surface area contributed by atoms with Crippen LogP contribution in [0.5, 0.6) is 11.5 Å². The van der Waals surface area contributed by atoms with Gasteiger partial charge >= 0.3 is 5.97 Å². The molecular formula is C13H12O4. The van der Waals surface area contributed by atoms with Crippen LogP contribution >= 0.6 is 0 Å². The van der Waals surface area contributed by atoms with Gasteiger partial charge in [0.05, 0.1) is 7.11 Å². The quantitative estimate of drug-likeness (QED) is 0.823. The van der Waals surface area contributed by atoms with E-state index in [9.17, 15) is 9.90 Å². The number of rotatable bonds is 3. The predicted molar refractivity (Wildman–Crippen MR) is 63.1 cm³/mol. The molecule has 0 saturated heterocycles. The van der Waals surface area contributed by atoms with Crippen LogP contribution in [0, 0.1) is 0 Å². The van der Waals surface area contributed by atoms with Crippen LogP contribution in [0.25, 0.3) is 10.8 Å². The number of methoxy groups -OCH3 is 1. The fourth-order valence-electron chi connectivity index (χ4n) is 1.50. The van der Waals surface area contributed by atoms with Gasteiger partial charge in [0.15, 0.2) is 6.61 Å². The number of fused-ring (bicyclic) bond motifs is 1. The minimum Gasteiger partial charge on any atom is -0.508 e. The second-order valence-corrected chi connectivity index (χ2v) is 3.56. The first kappa shape index (κ1) is 11.3. The smallest absolute Gasteiger partial charge is 0.343 e. The van der Waals surface area contributed by atoms with E-state index in [2.05, 4.69) is 4.74 Å². The van der Waals surface area contributed by atoms with Gasteiger partial charge in [-0.25, -0.2) is 4.79 Å². The topological polar surface area (TPSA) is 55.8 Å². The third kappa shape index (κ3) is 2.66. The molecule has 2 aromatic rings. The summed E-state index contributed by atoms with van der Waals surface area (Å²) >= 11 is 0. The lowest BCUT2D eigenvalue weighted by molar-refractivity contribution is -0.142. The predicted octanol–water partition coefficient (Wildman–Crippen LogP) is 2.10. The minimum atomic E-state index is -0.421. The summed E-state index contributed by atoms with van der Waals surface area (Å²) < 4.78 is 9.74. The molecule has 1 N–H and O–H groups in total. The van der Waals surface area contributed by atoms with Crippen molar-refractivity contribution in [1.82, 2.24) is 0 Å². The van der Waals surface area contributed by atoms with Gasteiger partial charge in [-0.2, -0.15) is 0 Å². The zero-order valence-corrected chi connectivity index (χ0v) is 9.34. The van der Waals surface area contributed by atoms with Crippen molar-refractivity contribution in [3.63, 3.8) is 0 Å². The van der Waals surface area contributed by atoms with Crippen molar-refractivity contribution < 1.29 is 19.4 Å². The molecule has 0 atom stereocenters. The molecule has 0 unspecified atom stereocenters. The summed E-state index contributed by atoms with van der Waals surface area (Å²) in [5, 5.41) is 11.2. The Morgan fingerprint density at radius 1 is 1.18 bits per heavy atom. The molecule has 0 bridgehead atoms. The minimum absolute atomic E-state index is 0.111. The van der Waals surface area contributed by atoms with Gasteiger partial charge in [-0.3, -0.25) is 0 Å². The summed E-state index contributed by atoms with van der Waals surface area (Å²) in [6.45, 7) is -0.111. The first-order valence-corrected chi connectivity index (χ1v) is 5.11. The molecule has 0 fully saturated rings. The van der Waals surface area contributed by atoms with Crippen molar-refractivity contribution in [2.24, 2.45) is 0 Å². The Morgan fingerprint density at radius 3 is 2.65 bits per heavy atom. The van der Waals surface area contributed by atoms with Crippen LogP contribution in [0.2, 0.25) is 0 Å². The van der Waals surface area contributed by atoms with Crippen molar-refractivity contribution in [2.45, 2.75) is 0 Å². The summed E-state index contributed by atoms with van der Waals surface area (Å²) in [6, 6.07) is 10.4. The number of phenolic OH excluding ortho intramolecular Hbond substituents is 1. The number of hydrogen-bond donors (Lipinski definition) is 1. The van der Waals surface area contributed by atoms with Crippen molar-refractivity contribution in [1.29, 1.82) is 0 Å². The van der Waals surface area contributed by atoms with Crippen molar-refractivity contribution >= 4 is 16.7 Å². The SMILES string of the molecule is COC(=O)COc1ccc2cc(O)ccc2c1. The average Bonchev–Trinajstić information content (AvgIpc) is 2.35. The zero-order chi connectivity index (χ0) is 12.3. The van der Waals surface area contributed by atoms with Crippen LogP contribution in [-0.4, -0.2) is 24.8 Å². The molecule has 0 spiro atoms. The second kappa shape index (κ2) is 4.74.